The predicted octanol–water partition coefficient (Wildman–Crippen LogP) is 2.31. The summed E-state index contributed by atoms with van der Waals surface area (Å²) in [5, 5.41) is 3.58. The first kappa shape index (κ1) is 10.7. The zero-order valence-corrected chi connectivity index (χ0v) is 9.89. The van der Waals surface area contributed by atoms with Gasteiger partial charge in [0.15, 0.2) is 0 Å². The molecule has 2 aromatic rings. The molecule has 1 saturated heterocycles. The second kappa shape index (κ2) is 4.80. The molecule has 0 bridgehead atoms. The summed E-state index contributed by atoms with van der Waals surface area (Å²) in [6.07, 6.45) is 8.56. The molecule has 1 aliphatic heterocycles. The van der Waals surface area contributed by atoms with Crippen molar-refractivity contribution in [2.24, 2.45) is 0 Å². The van der Waals surface area contributed by atoms with Crippen molar-refractivity contribution in [2.75, 3.05) is 6.54 Å². The Morgan fingerprint density at radius 2 is 2.00 bits per heavy atom. The molecular formula is C14H17N3. The molecule has 0 amide bonds. The SMILES string of the molecule is c1cnc2cc(CC3CCCCN3)ccc2n1. The summed E-state index contributed by atoms with van der Waals surface area (Å²) in [5.41, 5.74) is 3.34. The van der Waals surface area contributed by atoms with Gasteiger partial charge in [-0.05, 0) is 43.5 Å². The summed E-state index contributed by atoms with van der Waals surface area (Å²) in [4.78, 5) is 8.64. The number of hydrogen-bond acceptors (Lipinski definition) is 3. The van der Waals surface area contributed by atoms with Gasteiger partial charge >= 0.3 is 0 Å². The number of hydrogen-bond donors (Lipinski definition) is 1. The average molecular weight is 227 g/mol. The molecule has 17 heavy (non-hydrogen) atoms. The van der Waals surface area contributed by atoms with Crippen molar-refractivity contribution < 1.29 is 0 Å². The van der Waals surface area contributed by atoms with E-state index < -0.39 is 0 Å². The Labute approximate surface area is 101 Å². The first-order valence-electron chi connectivity index (χ1n) is 6.35. The molecule has 1 aliphatic rings. The summed E-state index contributed by atoms with van der Waals surface area (Å²) in [7, 11) is 0. The Morgan fingerprint density at radius 3 is 2.82 bits per heavy atom. The zero-order valence-electron chi connectivity index (χ0n) is 9.89. The fraction of sp³-hybridized carbons (Fsp3) is 0.429. The predicted molar refractivity (Wildman–Crippen MR) is 68.9 cm³/mol. The lowest BCUT2D eigenvalue weighted by Crippen LogP contribution is -2.35. The number of aromatic nitrogens is 2. The van der Waals surface area contributed by atoms with E-state index in [1.54, 1.807) is 12.4 Å². The summed E-state index contributed by atoms with van der Waals surface area (Å²) in [5.74, 6) is 0. The molecule has 1 fully saturated rings. The quantitative estimate of drug-likeness (QED) is 0.855. The molecular weight excluding hydrogens is 210 g/mol. The Bertz CT molecular complexity index is 504. The lowest BCUT2D eigenvalue weighted by molar-refractivity contribution is 0.399. The molecule has 88 valence electrons. The van der Waals surface area contributed by atoms with Crippen LogP contribution in [-0.4, -0.2) is 22.6 Å². The normalized spacial score (nSPS) is 20.6. The van der Waals surface area contributed by atoms with Gasteiger partial charge < -0.3 is 5.32 Å². The van der Waals surface area contributed by atoms with Crippen molar-refractivity contribution in [1.29, 1.82) is 0 Å². The van der Waals surface area contributed by atoms with Crippen LogP contribution >= 0.6 is 0 Å². The smallest absolute Gasteiger partial charge is 0.0889 e. The fourth-order valence-corrected chi connectivity index (χ4v) is 2.52. The van der Waals surface area contributed by atoms with Gasteiger partial charge in [0.2, 0.25) is 0 Å². The first-order valence-corrected chi connectivity index (χ1v) is 6.35. The molecule has 1 N–H and O–H groups in total. The minimum Gasteiger partial charge on any atom is -0.314 e. The largest absolute Gasteiger partial charge is 0.314 e. The van der Waals surface area contributed by atoms with E-state index in [0.29, 0.717) is 6.04 Å². The van der Waals surface area contributed by atoms with Gasteiger partial charge in [0.05, 0.1) is 11.0 Å². The van der Waals surface area contributed by atoms with Gasteiger partial charge in [-0.2, -0.15) is 0 Å². The molecule has 0 spiro atoms. The summed E-state index contributed by atoms with van der Waals surface area (Å²) < 4.78 is 0. The standard InChI is InChI=1S/C14H17N3/c1-2-6-15-12(3-1)9-11-4-5-13-14(10-11)17-8-7-16-13/h4-5,7-8,10,12,15H,1-3,6,9H2. The van der Waals surface area contributed by atoms with Crippen LogP contribution in [-0.2, 0) is 6.42 Å². The third-order valence-electron chi connectivity index (χ3n) is 3.43. The third-order valence-corrected chi connectivity index (χ3v) is 3.43. The Kier molecular flexibility index (Phi) is 3.01. The van der Waals surface area contributed by atoms with Crippen molar-refractivity contribution in [3.05, 3.63) is 36.2 Å². The van der Waals surface area contributed by atoms with Crippen molar-refractivity contribution >= 4 is 11.0 Å². The minimum absolute atomic E-state index is 0.637. The molecule has 1 unspecified atom stereocenters. The fourth-order valence-electron chi connectivity index (χ4n) is 2.52. The lowest BCUT2D eigenvalue weighted by atomic mass is 9.97. The second-order valence-electron chi connectivity index (χ2n) is 4.73. The molecule has 1 atom stereocenters. The van der Waals surface area contributed by atoms with Gasteiger partial charge in [0.1, 0.15) is 0 Å². The third kappa shape index (κ3) is 2.44. The number of nitrogens with zero attached hydrogens (tertiary/aromatic N) is 2. The first-order chi connectivity index (χ1) is 8.42. The van der Waals surface area contributed by atoms with Crippen LogP contribution in [0, 0.1) is 0 Å². The number of rotatable bonds is 2. The van der Waals surface area contributed by atoms with E-state index in [0.717, 1.165) is 24.0 Å². The van der Waals surface area contributed by atoms with Crippen LogP contribution in [0.5, 0.6) is 0 Å². The number of fused-ring (bicyclic) bond motifs is 1. The van der Waals surface area contributed by atoms with Crippen LogP contribution in [0.15, 0.2) is 30.6 Å². The van der Waals surface area contributed by atoms with E-state index in [-0.39, 0.29) is 0 Å². The minimum atomic E-state index is 0.637. The van der Waals surface area contributed by atoms with Crippen LogP contribution in [0.2, 0.25) is 0 Å². The van der Waals surface area contributed by atoms with Crippen LogP contribution in [0.25, 0.3) is 11.0 Å². The van der Waals surface area contributed by atoms with Gasteiger partial charge in [0, 0.05) is 18.4 Å². The van der Waals surface area contributed by atoms with Crippen LogP contribution in [0.3, 0.4) is 0 Å². The van der Waals surface area contributed by atoms with E-state index >= 15 is 0 Å². The Balaban J connectivity index is 1.80. The molecule has 0 saturated carbocycles. The lowest BCUT2D eigenvalue weighted by Gasteiger charge is -2.23. The van der Waals surface area contributed by atoms with Gasteiger partial charge in [-0.3, -0.25) is 9.97 Å². The van der Waals surface area contributed by atoms with Crippen molar-refractivity contribution in [2.45, 2.75) is 31.7 Å². The van der Waals surface area contributed by atoms with Crippen molar-refractivity contribution in [3.8, 4) is 0 Å². The number of piperidine rings is 1. The summed E-state index contributed by atoms with van der Waals surface area (Å²) in [6.45, 7) is 1.16. The summed E-state index contributed by atoms with van der Waals surface area (Å²) in [6, 6.07) is 7.05. The van der Waals surface area contributed by atoms with E-state index in [1.807, 2.05) is 0 Å². The van der Waals surface area contributed by atoms with Gasteiger partial charge in [-0.1, -0.05) is 12.5 Å². The number of benzene rings is 1. The van der Waals surface area contributed by atoms with E-state index in [9.17, 15) is 0 Å². The maximum atomic E-state index is 4.35. The summed E-state index contributed by atoms with van der Waals surface area (Å²) >= 11 is 0. The highest BCUT2D eigenvalue weighted by Gasteiger charge is 2.13. The van der Waals surface area contributed by atoms with Gasteiger partial charge in [0.25, 0.3) is 0 Å². The average Bonchev–Trinajstić information content (AvgIpc) is 2.40. The van der Waals surface area contributed by atoms with E-state index in [1.165, 1.54) is 24.8 Å². The van der Waals surface area contributed by atoms with Crippen LogP contribution in [0.4, 0.5) is 0 Å². The highest BCUT2D eigenvalue weighted by atomic mass is 14.9. The molecule has 3 heteroatoms. The van der Waals surface area contributed by atoms with E-state index in [2.05, 4.69) is 33.5 Å². The topological polar surface area (TPSA) is 37.8 Å². The molecule has 3 rings (SSSR count). The number of nitrogens with one attached hydrogen (secondary N) is 1. The zero-order chi connectivity index (χ0) is 11.5. The molecule has 3 nitrogen and oxygen atoms in total. The van der Waals surface area contributed by atoms with Crippen molar-refractivity contribution in [1.82, 2.24) is 15.3 Å². The monoisotopic (exact) mass is 227 g/mol. The van der Waals surface area contributed by atoms with Crippen LogP contribution < -0.4 is 5.32 Å². The Hall–Kier alpha value is -1.48. The molecule has 1 aromatic carbocycles. The van der Waals surface area contributed by atoms with Crippen molar-refractivity contribution in [3.63, 3.8) is 0 Å². The van der Waals surface area contributed by atoms with Gasteiger partial charge in [-0.25, -0.2) is 0 Å². The molecule has 0 aliphatic carbocycles. The molecule has 0 radical (unpaired) electrons. The highest BCUT2D eigenvalue weighted by molar-refractivity contribution is 5.74. The maximum absolute atomic E-state index is 4.35. The van der Waals surface area contributed by atoms with E-state index in [4.69, 9.17) is 0 Å². The second-order valence-corrected chi connectivity index (χ2v) is 4.73. The maximum Gasteiger partial charge on any atom is 0.0889 e. The molecule has 1 aromatic heterocycles. The van der Waals surface area contributed by atoms with Crippen LogP contribution in [0.1, 0.15) is 24.8 Å². The molecule has 2 heterocycles. The van der Waals surface area contributed by atoms with Gasteiger partial charge in [-0.15, -0.1) is 0 Å². The highest BCUT2D eigenvalue weighted by Crippen LogP contribution is 2.16. The Morgan fingerprint density at radius 1 is 1.12 bits per heavy atom.